The molecule has 1 atom stereocenters. The van der Waals surface area contributed by atoms with E-state index in [1.807, 2.05) is 0 Å². The second-order valence-corrected chi connectivity index (χ2v) is 2.87. The highest BCUT2D eigenvalue weighted by molar-refractivity contribution is 5.78. The van der Waals surface area contributed by atoms with Gasteiger partial charge in [-0.25, -0.2) is 0 Å². The molecule has 0 N–H and O–H groups in total. The van der Waals surface area contributed by atoms with E-state index in [4.69, 9.17) is 0 Å². The Morgan fingerprint density at radius 2 is 1.89 bits per heavy atom. The molecule has 0 saturated carbocycles. The molecule has 0 aromatic rings. The van der Waals surface area contributed by atoms with Crippen LogP contribution in [0, 0.1) is 11.8 Å². The zero-order valence-corrected chi connectivity index (χ0v) is 6.77. The lowest BCUT2D eigenvalue weighted by molar-refractivity contribution is -0.122. The molecule has 0 spiro atoms. The molecule has 0 aliphatic heterocycles. The van der Waals surface area contributed by atoms with Crippen molar-refractivity contribution in [2.24, 2.45) is 11.8 Å². The summed E-state index contributed by atoms with van der Waals surface area (Å²) in [5.74, 6) is 1.12. The van der Waals surface area contributed by atoms with Crippen LogP contribution in [0.2, 0.25) is 0 Å². The van der Waals surface area contributed by atoms with Gasteiger partial charge in [-0.15, -0.1) is 0 Å². The molecule has 0 rings (SSSR count). The van der Waals surface area contributed by atoms with E-state index in [1.165, 1.54) is 0 Å². The van der Waals surface area contributed by atoms with E-state index in [2.05, 4.69) is 20.8 Å². The summed E-state index contributed by atoms with van der Waals surface area (Å²) >= 11 is 0. The van der Waals surface area contributed by atoms with Gasteiger partial charge in [-0.3, -0.25) is 4.79 Å². The summed E-state index contributed by atoms with van der Waals surface area (Å²) in [5.41, 5.74) is 0. The highest BCUT2D eigenvalue weighted by Gasteiger charge is 2.14. The summed E-state index contributed by atoms with van der Waals surface area (Å²) in [6.07, 6.45) is 0.979. The van der Waals surface area contributed by atoms with E-state index in [1.54, 1.807) is 6.92 Å². The molecule has 1 heteroatoms. The van der Waals surface area contributed by atoms with Gasteiger partial charge < -0.3 is 0 Å². The van der Waals surface area contributed by atoms with Gasteiger partial charge in [-0.2, -0.15) is 0 Å². The first-order valence-electron chi connectivity index (χ1n) is 3.60. The molecule has 0 fully saturated rings. The van der Waals surface area contributed by atoms with Crippen LogP contribution in [-0.4, -0.2) is 5.78 Å². The molecular formula is C8H16O. The highest BCUT2D eigenvalue weighted by Crippen LogP contribution is 2.14. The summed E-state index contributed by atoms with van der Waals surface area (Å²) in [6.45, 7) is 7.92. The Bertz CT molecular complexity index is 94.7. The van der Waals surface area contributed by atoms with Crippen LogP contribution in [0.15, 0.2) is 0 Å². The van der Waals surface area contributed by atoms with E-state index in [0.29, 0.717) is 11.7 Å². The summed E-state index contributed by atoms with van der Waals surface area (Å²) in [6, 6.07) is 0. The lowest BCUT2D eigenvalue weighted by atomic mass is 9.90. The first kappa shape index (κ1) is 8.67. The Labute approximate surface area is 57.5 Å². The molecule has 0 amide bonds. The predicted molar refractivity (Wildman–Crippen MR) is 39.3 cm³/mol. The molecule has 0 bridgehead atoms. The van der Waals surface area contributed by atoms with Crippen LogP contribution in [0.3, 0.4) is 0 Å². The van der Waals surface area contributed by atoms with Gasteiger partial charge >= 0.3 is 0 Å². The van der Waals surface area contributed by atoms with Crippen LogP contribution in [0.25, 0.3) is 0 Å². The van der Waals surface area contributed by atoms with Crippen LogP contribution in [0.1, 0.15) is 34.1 Å². The Morgan fingerprint density at radius 1 is 1.44 bits per heavy atom. The zero-order chi connectivity index (χ0) is 7.44. The first-order valence-corrected chi connectivity index (χ1v) is 3.60. The SMILES string of the molecule is CC[C@@H](C(C)=O)C(C)C. The summed E-state index contributed by atoms with van der Waals surface area (Å²) < 4.78 is 0. The Morgan fingerprint density at radius 3 is 1.89 bits per heavy atom. The van der Waals surface area contributed by atoms with Crippen molar-refractivity contribution in [2.45, 2.75) is 34.1 Å². The number of carbonyl (C=O) groups is 1. The molecule has 0 heterocycles. The van der Waals surface area contributed by atoms with Gasteiger partial charge in [0.2, 0.25) is 0 Å². The first-order chi connectivity index (χ1) is 4.09. The fourth-order valence-corrected chi connectivity index (χ4v) is 1.23. The van der Waals surface area contributed by atoms with Crippen molar-refractivity contribution < 1.29 is 4.79 Å². The minimum absolute atomic E-state index is 0.282. The second kappa shape index (κ2) is 3.65. The van der Waals surface area contributed by atoms with Crippen molar-refractivity contribution in [3.63, 3.8) is 0 Å². The van der Waals surface area contributed by atoms with Gasteiger partial charge in [0.1, 0.15) is 5.78 Å². The van der Waals surface area contributed by atoms with Crippen molar-refractivity contribution >= 4 is 5.78 Å². The molecule has 0 aromatic carbocycles. The van der Waals surface area contributed by atoms with Crippen molar-refractivity contribution in [1.82, 2.24) is 0 Å². The maximum Gasteiger partial charge on any atom is 0.133 e. The number of carbonyl (C=O) groups excluding carboxylic acids is 1. The zero-order valence-electron chi connectivity index (χ0n) is 6.77. The molecule has 0 unspecified atom stereocenters. The third kappa shape index (κ3) is 2.64. The summed E-state index contributed by atoms with van der Waals surface area (Å²) in [5, 5.41) is 0. The predicted octanol–water partition coefficient (Wildman–Crippen LogP) is 2.26. The number of hydrogen-bond donors (Lipinski definition) is 0. The average Bonchev–Trinajstić information content (AvgIpc) is 1.64. The molecule has 0 saturated heterocycles. The topological polar surface area (TPSA) is 17.1 Å². The third-order valence-electron chi connectivity index (χ3n) is 1.77. The number of hydrogen-bond acceptors (Lipinski definition) is 1. The lowest BCUT2D eigenvalue weighted by Crippen LogP contribution is -2.15. The van der Waals surface area contributed by atoms with E-state index < -0.39 is 0 Å². The third-order valence-corrected chi connectivity index (χ3v) is 1.77. The van der Waals surface area contributed by atoms with Crippen molar-refractivity contribution in [3.05, 3.63) is 0 Å². The largest absolute Gasteiger partial charge is 0.300 e. The number of Topliss-reactive ketones (excluding diaryl/α,β-unsaturated/α-hetero) is 1. The molecule has 9 heavy (non-hydrogen) atoms. The fourth-order valence-electron chi connectivity index (χ4n) is 1.23. The summed E-state index contributed by atoms with van der Waals surface area (Å²) in [4.78, 5) is 10.8. The second-order valence-electron chi connectivity index (χ2n) is 2.87. The van der Waals surface area contributed by atoms with Crippen LogP contribution < -0.4 is 0 Å². The highest BCUT2D eigenvalue weighted by atomic mass is 16.1. The number of rotatable bonds is 3. The standard InChI is InChI=1S/C8H16O/c1-5-8(6(2)3)7(4)9/h6,8H,5H2,1-4H3/t8-/m1/s1. The molecule has 0 aliphatic carbocycles. The molecule has 0 aromatic heterocycles. The minimum Gasteiger partial charge on any atom is -0.300 e. The van der Waals surface area contributed by atoms with E-state index >= 15 is 0 Å². The van der Waals surface area contributed by atoms with E-state index in [0.717, 1.165) is 6.42 Å². The molecule has 0 aliphatic rings. The molecule has 1 nitrogen and oxygen atoms in total. The summed E-state index contributed by atoms with van der Waals surface area (Å²) in [7, 11) is 0. The fraction of sp³-hybridized carbons (Fsp3) is 0.875. The Hall–Kier alpha value is -0.330. The average molecular weight is 128 g/mol. The molecule has 54 valence electrons. The van der Waals surface area contributed by atoms with Gasteiger partial charge in [0, 0.05) is 5.92 Å². The smallest absolute Gasteiger partial charge is 0.133 e. The van der Waals surface area contributed by atoms with Gasteiger partial charge in [-0.1, -0.05) is 20.8 Å². The lowest BCUT2D eigenvalue weighted by Gasteiger charge is -2.14. The quantitative estimate of drug-likeness (QED) is 0.569. The maximum atomic E-state index is 10.8. The van der Waals surface area contributed by atoms with Crippen LogP contribution in [0.4, 0.5) is 0 Å². The van der Waals surface area contributed by atoms with Crippen molar-refractivity contribution in [2.75, 3.05) is 0 Å². The van der Waals surface area contributed by atoms with E-state index in [9.17, 15) is 4.79 Å². The van der Waals surface area contributed by atoms with Gasteiger partial charge in [0.15, 0.2) is 0 Å². The Kier molecular flexibility index (Phi) is 3.52. The van der Waals surface area contributed by atoms with Gasteiger partial charge in [-0.05, 0) is 19.3 Å². The molecule has 0 radical (unpaired) electrons. The molecular weight excluding hydrogens is 112 g/mol. The van der Waals surface area contributed by atoms with E-state index in [-0.39, 0.29) is 5.92 Å². The minimum atomic E-state index is 0.282. The number of ketones is 1. The van der Waals surface area contributed by atoms with Crippen LogP contribution >= 0.6 is 0 Å². The van der Waals surface area contributed by atoms with Gasteiger partial charge in [0.05, 0.1) is 0 Å². The van der Waals surface area contributed by atoms with Crippen LogP contribution in [-0.2, 0) is 4.79 Å². The Balaban J connectivity index is 3.83. The normalized spacial score (nSPS) is 13.9. The van der Waals surface area contributed by atoms with Crippen molar-refractivity contribution in [1.29, 1.82) is 0 Å². The van der Waals surface area contributed by atoms with Crippen LogP contribution in [0.5, 0.6) is 0 Å². The van der Waals surface area contributed by atoms with Gasteiger partial charge in [0.25, 0.3) is 0 Å². The maximum absolute atomic E-state index is 10.8. The van der Waals surface area contributed by atoms with Crippen molar-refractivity contribution in [3.8, 4) is 0 Å². The monoisotopic (exact) mass is 128 g/mol.